The fourth-order valence-electron chi connectivity index (χ4n) is 4.47. The van der Waals surface area contributed by atoms with E-state index in [1.54, 1.807) is 6.20 Å². The van der Waals surface area contributed by atoms with Gasteiger partial charge >= 0.3 is 0 Å². The molecule has 5 heterocycles. The molecule has 0 radical (unpaired) electrons. The Bertz CT molecular complexity index is 1290. The van der Waals surface area contributed by atoms with Gasteiger partial charge in [0.1, 0.15) is 5.82 Å². The number of nitrogens with zero attached hydrogens (tertiary/aromatic N) is 7. The summed E-state index contributed by atoms with van der Waals surface area (Å²) in [7, 11) is 0. The molecule has 1 aliphatic rings. The molecular weight excluding hydrogens is 440 g/mol. The zero-order valence-electron chi connectivity index (χ0n) is 20.7. The van der Waals surface area contributed by atoms with Gasteiger partial charge in [0.05, 0.1) is 42.2 Å². The zero-order chi connectivity index (χ0) is 24.4. The third-order valence-corrected chi connectivity index (χ3v) is 6.24. The zero-order valence-corrected chi connectivity index (χ0v) is 20.7. The van der Waals surface area contributed by atoms with E-state index in [4.69, 9.17) is 9.72 Å². The van der Waals surface area contributed by atoms with E-state index in [0.29, 0.717) is 17.6 Å². The molecule has 0 aromatic carbocycles. The Morgan fingerprint density at radius 1 is 0.971 bits per heavy atom. The second-order valence-electron chi connectivity index (χ2n) is 9.62. The number of fused-ring (bicyclic) bond motifs is 1. The van der Waals surface area contributed by atoms with Gasteiger partial charge < -0.3 is 10.1 Å². The Kier molecular flexibility index (Phi) is 6.70. The molecule has 1 fully saturated rings. The second-order valence-corrected chi connectivity index (χ2v) is 9.62. The summed E-state index contributed by atoms with van der Waals surface area (Å²) in [6.45, 7) is 12.2. The summed E-state index contributed by atoms with van der Waals surface area (Å²) >= 11 is 0. The highest BCUT2D eigenvalue weighted by Crippen LogP contribution is 2.24. The standard InChI is InChI=1S/C26H32N8O/c1-17(2)20-10-26(32-28-12-20)31-25-6-5-23-24(30-25)9-21(11-27-23)22-13-29-34(16-22)8-7-33-14-18(3)35-19(4)15-33/h5-6,9-13,16-19H,7-8,14-15H2,1-4H3,(H,30,31,32)/t18-,19+. The van der Waals surface area contributed by atoms with E-state index < -0.39 is 0 Å². The first kappa shape index (κ1) is 23.3. The lowest BCUT2D eigenvalue weighted by molar-refractivity contribution is -0.0687. The van der Waals surface area contributed by atoms with Crippen LogP contribution in [-0.4, -0.2) is 66.7 Å². The van der Waals surface area contributed by atoms with Crippen molar-refractivity contribution in [2.45, 2.75) is 52.4 Å². The summed E-state index contributed by atoms with van der Waals surface area (Å²) in [5.41, 5.74) is 4.79. The monoisotopic (exact) mass is 472 g/mol. The first-order valence-electron chi connectivity index (χ1n) is 12.2. The van der Waals surface area contributed by atoms with Crippen molar-refractivity contribution in [2.24, 2.45) is 0 Å². The van der Waals surface area contributed by atoms with Gasteiger partial charge in [-0.25, -0.2) is 4.98 Å². The molecule has 182 valence electrons. The SMILES string of the molecule is CC(C)c1cnnc(Nc2ccc3ncc(-c4cnn(CCN5C[C@@H](C)O[C@@H](C)C5)c4)cc3n2)c1. The number of hydrogen-bond acceptors (Lipinski definition) is 8. The maximum Gasteiger partial charge on any atom is 0.154 e. The molecule has 0 aliphatic carbocycles. The van der Waals surface area contributed by atoms with E-state index >= 15 is 0 Å². The highest BCUT2D eigenvalue weighted by atomic mass is 16.5. The fourth-order valence-corrected chi connectivity index (χ4v) is 4.47. The van der Waals surface area contributed by atoms with Gasteiger partial charge in [-0.2, -0.15) is 10.2 Å². The van der Waals surface area contributed by atoms with Crippen LogP contribution in [0.2, 0.25) is 0 Å². The molecule has 35 heavy (non-hydrogen) atoms. The molecule has 0 bridgehead atoms. The van der Waals surface area contributed by atoms with Gasteiger partial charge in [-0.3, -0.25) is 14.6 Å². The van der Waals surface area contributed by atoms with Gasteiger partial charge in [-0.05, 0) is 49.6 Å². The molecule has 1 aliphatic heterocycles. The van der Waals surface area contributed by atoms with Crippen LogP contribution in [0, 0.1) is 0 Å². The van der Waals surface area contributed by atoms with Crippen LogP contribution in [-0.2, 0) is 11.3 Å². The number of pyridine rings is 2. The largest absolute Gasteiger partial charge is 0.373 e. The predicted molar refractivity (Wildman–Crippen MR) is 137 cm³/mol. The number of aromatic nitrogens is 6. The molecule has 4 aromatic heterocycles. The Balaban J connectivity index is 1.29. The Labute approximate surface area is 205 Å². The van der Waals surface area contributed by atoms with Crippen LogP contribution in [0.5, 0.6) is 0 Å². The number of anilines is 2. The first-order valence-corrected chi connectivity index (χ1v) is 12.2. The Morgan fingerprint density at radius 3 is 2.60 bits per heavy atom. The Hall–Kier alpha value is -3.43. The molecule has 9 heteroatoms. The quantitative estimate of drug-likeness (QED) is 0.426. The molecular formula is C26H32N8O. The van der Waals surface area contributed by atoms with Crippen LogP contribution < -0.4 is 5.32 Å². The fraction of sp³-hybridized carbons (Fsp3) is 0.423. The molecule has 9 nitrogen and oxygen atoms in total. The average molecular weight is 473 g/mol. The van der Waals surface area contributed by atoms with Gasteiger partial charge in [-0.1, -0.05) is 13.8 Å². The van der Waals surface area contributed by atoms with Gasteiger partial charge in [0.15, 0.2) is 5.82 Å². The predicted octanol–water partition coefficient (Wildman–Crippen LogP) is 4.26. The smallest absolute Gasteiger partial charge is 0.154 e. The number of morpholine rings is 1. The van der Waals surface area contributed by atoms with Crippen molar-refractivity contribution in [3.8, 4) is 11.1 Å². The minimum atomic E-state index is 0.272. The third-order valence-electron chi connectivity index (χ3n) is 6.24. The highest BCUT2D eigenvalue weighted by Gasteiger charge is 2.21. The van der Waals surface area contributed by atoms with Crippen molar-refractivity contribution in [3.05, 3.63) is 54.6 Å². The summed E-state index contributed by atoms with van der Waals surface area (Å²) in [5, 5.41) is 16.1. The van der Waals surface area contributed by atoms with E-state index in [2.05, 4.69) is 70.5 Å². The van der Waals surface area contributed by atoms with Gasteiger partial charge in [-0.15, -0.1) is 5.10 Å². The van der Waals surface area contributed by atoms with E-state index in [1.807, 2.05) is 35.3 Å². The summed E-state index contributed by atoms with van der Waals surface area (Å²) < 4.78 is 7.83. The number of hydrogen-bond donors (Lipinski definition) is 1. The number of ether oxygens (including phenoxy) is 1. The van der Waals surface area contributed by atoms with Crippen molar-refractivity contribution in [2.75, 3.05) is 25.0 Å². The van der Waals surface area contributed by atoms with Gasteiger partial charge in [0.25, 0.3) is 0 Å². The van der Waals surface area contributed by atoms with Crippen LogP contribution in [0.1, 0.15) is 39.2 Å². The van der Waals surface area contributed by atoms with Crippen molar-refractivity contribution >= 4 is 22.7 Å². The minimum Gasteiger partial charge on any atom is -0.373 e. The first-order chi connectivity index (χ1) is 16.9. The topological polar surface area (TPSA) is 93.9 Å². The van der Waals surface area contributed by atoms with Crippen molar-refractivity contribution in [3.63, 3.8) is 0 Å². The molecule has 0 unspecified atom stereocenters. The second kappa shape index (κ2) is 10.1. The van der Waals surface area contributed by atoms with E-state index in [9.17, 15) is 0 Å². The summed E-state index contributed by atoms with van der Waals surface area (Å²) in [6.07, 6.45) is 8.18. The molecule has 1 saturated heterocycles. The molecule has 0 saturated carbocycles. The van der Waals surface area contributed by atoms with Gasteiger partial charge in [0.2, 0.25) is 0 Å². The Morgan fingerprint density at radius 2 is 1.80 bits per heavy atom. The van der Waals surface area contributed by atoms with E-state index in [-0.39, 0.29) is 12.2 Å². The van der Waals surface area contributed by atoms with Crippen LogP contribution in [0.4, 0.5) is 11.6 Å². The molecule has 2 atom stereocenters. The molecule has 0 spiro atoms. The van der Waals surface area contributed by atoms with Gasteiger partial charge in [0, 0.05) is 43.2 Å². The lowest BCUT2D eigenvalue weighted by Gasteiger charge is -2.35. The van der Waals surface area contributed by atoms with Crippen molar-refractivity contribution < 1.29 is 4.74 Å². The number of rotatable bonds is 7. The van der Waals surface area contributed by atoms with E-state index in [0.717, 1.165) is 53.9 Å². The lowest BCUT2D eigenvalue weighted by Crippen LogP contribution is -2.46. The van der Waals surface area contributed by atoms with Crippen molar-refractivity contribution in [1.82, 2.24) is 34.8 Å². The summed E-state index contributed by atoms with van der Waals surface area (Å²) in [4.78, 5) is 11.8. The number of nitrogens with one attached hydrogen (secondary N) is 1. The summed E-state index contributed by atoms with van der Waals surface area (Å²) in [5.74, 6) is 1.76. The van der Waals surface area contributed by atoms with Crippen molar-refractivity contribution in [1.29, 1.82) is 0 Å². The third kappa shape index (κ3) is 5.63. The van der Waals surface area contributed by atoms with E-state index in [1.165, 1.54) is 0 Å². The highest BCUT2D eigenvalue weighted by molar-refractivity contribution is 5.81. The average Bonchev–Trinajstić information content (AvgIpc) is 3.31. The molecule has 5 rings (SSSR count). The summed E-state index contributed by atoms with van der Waals surface area (Å²) in [6, 6.07) is 7.92. The van der Waals surface area contributed by atoms with Crippen LogP contribution in [0.15, 0.2) is 49.1 Å². The molecule has 4 aromatic rings. The normalized spacial score (nSPS) is 18.9. The maximum atomic E-state index is 5.83. The molecule has 0 amide bonds. The lowest BCUT2D eigenvalue weighted by atomic mass is 10.1. The maximum absolute atomic E-state index is 5.83. The molecule has 1 N–H and O–H groups in total. The van der Waals surface area contributed by atoms with Crippen LogP contribution in [0.3, 0.4) is 0 Å². The minimum absolute atomic E-state index is 0.272. The van der Waals surface area contributed by atoms with Crippen LogP contribution >= 0.6 is 0 Å². The van der Waals surface area contributed by atoms with Crippen LogP contribution in [0.25, 0.3) is 22.2 Å².